The normalized spacial score (nSPS) is 17.2. The van der Waals surface area contributed by atoms with E-state index in [1.165, 1.54) is 6.42 Å². The molecule has 0 aromatic heterocycles. The first kappa shape index (κ1) is 13.9. The van der Waals surface area contributed by atoms with Gasteiger partial charge in [-0.05, 0) is 43.9 Å². The van der Waals surface area contributed by atoms with Gasteiger partial charge in [0.25, 0.3) is 0 Å². The molecule has 1 atom stereocenters. The number of amides is 1. The van der Waals surface area contributed by atoms with Gasteiger partial charge in [0, 0.05) is 19.1 Å². The molecule has 104 valence electrons. The van der Waals surface area contributed by atoms with E-state index in [2.05, 4.69) is 5.32 Å². The fourth-order valence-corrected chi connectivity index (χ4v) is 2.41. The number of likely N-dealkylation sites (tertiary alicyclic amines) is 1. The molecule has 1 unspecified atom stereocenters. The lowest BCUT2D eigenvalue weighted by molar-refractivity contribution is -0.131. The molecule has 2 N–H and O–H groups in total. The highest BCUT2D eigenvalue weighted by Crippen LogP contribution is 2.17. The highest BCUT2D eigenvalue weighted by Gasteiger charge is 2.17. The van der Waals surface area contributed by atoms with Gasteiger partial charge in [-0.25, -0.2) is 0 Å². The van der Waals surface area contributed by atoms with Crippen molar-refractivity contribution in [3.05, 3.63) is 29.8 Å². The Hall–Kier alpha value is -1.55. The van der Waals surface area contributed by atoms with Crippen LogP contribution in [0.25, 0.3) is 0 Å². The lowest BCUT2D eigenvalue weighted by Gasteiger charge is -2.27. The zero-order chi connectivity index (χ0) is 13.7. The van der Waals surface area contributed by atoms with Gasteiger partial charge >= 0.3 is 0 Å². The molecule has 19 heavy (non-hydrogen) atoms. The third-order valence-corrected chi connectivity index (χ3v) is 3.64. The van der Waals surface area contributed by atoms with Crippen LogP contribution in [-0.2, 0) is 4.79 Å². The smallest absolute Gasteiger partial charge is 0.236 e. The molecular weight excluding hydrogens is 240 g/mol. The van der Waals surface area contributed by atoms with E-state index >= 15 is 0 Å². The molecule has 4 nitrogen and oxygen atoms in total. The first-order valence-corrected chi connectivity index (χ1v) is 6.97. The Kier molecular flexibility index (Phi) is 4.80. The first-order chi connectivity index (χ1) is 9.16. The van der Waals surface area contributed by atoms with Crippen molar-refractivity contribution in [1.29, 1.82) is 0 Å². The van der Waals surface area contributed by atoms with Gasteiger partial charge in [-0.15, -0.1) is 0 Å². The monoisotopic (exact) mass is 262 g/mol. The van der Waals surface area contributed by atoms with Gasteiger partial charge in [-0.3, -0.25) is 4.79 Å². The number of phenolic OH excluding ortho intramolecular Hbond substituents is 1. The molecule has 0 radical (unpaired) electrons. The fraction of sp³-hybridized carbons (Fsp3) is 0.533. The van der Waals surface area contributed by atoms with Crippen LogP contribution in [0, 0.1) is 0 Å². The standard InChI is InChI=1S/C15H22N2O2/c1-12(13-6-5-7-14(18)10-13)16-11-15(19)17-8-3-2-4-9-17/h5-7,10,12,16,18H,2-4,8-9,11H2,1H3. The maximum absolute atomic E-state index is 12.0. The van der Waals surface area contributed by atoms with E-state index < -0.39 is 0 Å². The molecule has 2 rings (SSSR count). The molecule has 1 amide bonds. The van der Waals surface area contributed by atoms with E-state index in [1.54, 1.807) is 12.1 Å². The van der Waals surface area contributed by atoms with Gasteiger partial charge in [0.1, 0.15) is 5.75 Å². The minimum absolute atomic E-state index is 0.0563. The second-order valence-corrected chi connectivity index (χ2v) is 5.14. The van der Waals surface area contributed by atoms with Gasteiger partial charge in [0.15, 0.2) is 0 Å². The third kappa shape index (κ3) is 3.96. The lowest BCUT2D eigenvalue weighted by Crippen LogP contribution is -2.41. The van der Waals surface area contributed by atoms with E-state index in [0.717, 1.165) is 31.5 Å². The van der Waals surface area contributed by atoms with Crippen LogP contribution in [0.4, 0.5) is 0 Å². The molecule has 1 aromatic carbocycles. The summed E-state index contributed by atoms with van der Waals surface area (Å²) >= 11 is 0. The molecule has 0 aliphatic carbocycles. The van der Waals surface area contributed by atoms with Crippen molar-refractivity contribution >= 4 is 5.91 Å². The average Bonchev–Trinajstić information content (AvgIpc) is 2.45. The van der Waals surface area contributed by atoms with Crippen LogP contribution in [0.15, 0.2) is 24.3 Å². The summed E-state index contributed by atoms with van der Waals surface area (Å²) in [6.45, 7) is 4.14. The lowest BCUT2D eigenvalue weighted by atomic mass is 10.1. The molecule has 1 aliphatic heterocycles. The molecule has 1 aromatic rings. The molecule has 1 heterocycles. The van der Waals surface area contributed by atoms with E-state index in [9.17, 15) is 9.90 Å². The highest BCUT2D eigenvalue weighted by molar-refractivity contribution is 5.78. The van der Waals surface area contributed by atoms with Crippen molar-refractivity contribution in [2.45, 2.75) is 32.2 Å². The second-order valence-electron chi connectivity index (χ2n) is 5.14. The number of hydrogen-bond donors (Lipinski definition) is 2. The SMILES string of the molecule is CC(NCC(=O)N1CCCCC1)c1cccc(O)c1. The van der Waals surface area contributed by atoms with E-state index in [1.807, 2.05) is 24.0 Å². The highest BCUT2D eigenvalue weighted by atomic mass is 16.3. The number of rotatable bonds is 4. The van der Waals surface area contributed by atoms with Crippen molar-refractivity contribution in [3.8, 4) is 5.75 Å². The van der Waals surface area contributed by atoms with Crippen LogP contribution >= 0.6 is 0 Å². The van der Waals surface area contributed by atoms with Gasteiger partial charge in [0.05, 0.1) is 6.54 Å². The topological polar surface area (TPSA) is 52.6 Å². The molecule has 0 spiro atoms. The van der Waals surface area contributed by atoms with Crippen LogP contribution in [-0.4, -0.2) is 35.5 Å². The van der Waals surface area contributed by atoms with Gasteiger partial charge in [-0.1, -0.05) is 12.1 Å². The molecule has 0 saturated carbocycles. The number of aromatic hydroxyl groups is 1. The van der Waals surface area contributed by atoms with Gasteiger partial charge in [0.2, 0.25) is 5.91 Å². The van der Waals surface area contributed by atoms with Crippen molar-refractivity contribution in [3.63, 3.8) is 0 Å². The number of carbonyl (C=O) groups is 1. The van der Waals surface area contributed by atoms with Crippen molar-refractivity contribution in [1.82, 2.24) is 10.2 Å². The Labute approximate surface area is 114 Å². The van der Waals surface area contributed by atoms with Gasteiger partial charge < -0.3 is 15.3 Å². The number of piperidine rings is 1. The number of carbonyl (C=O) groups excluding carboxylic acids is 1. The van der Waals surface area contributed by atoms with E-state index in [0.29, 0.717) is 6.54 Å². The first-order valence-electron chi connectivity index (χ1n) is 6.97. The maximum atomic E-state index is 12.0. The summed E-state index contributed by atoms with van der Waals surface area (Å²) in [6, 6.07) is 7.19. The van der Waals surface area contributed by atoms with Crippen molar-refractivity contribution in [2.75, 3.05) is 19.6 Å². The minimum atomic E-state index is 0.0563. The summed E-state index contributed by atoms with van der Waals surface area (Å²) in [5.74, 6) is 0.431. The summed E-state index contributed by atoms with van der Waals surface area (Å²) in [6.07, 6.45) is 3.47. The minimum Gasteiger partial charge on any atom is -0.508 e. The Balaban J connectivity index is 1.82. The van der Waals surface area contributed by atoms with Crippen LogP contribution in [0.2, 0.25) is 0 Å². The number of phenols is 1. The summed E-state index contributed by atoms with van der Waals surface area (Å²) < 4.78 is 0. The predicted molar refractivity (Wildman–Crippen MR) is 75.0 cm³/mol. The van der Waals surface area contributed by atoms with Crippen LogP contribution in [0.5, 0.6) is 5.75 Å². The Bertz CT molecular complexity index is 428. The van der Waals surface area contributed by atoms with Crippen LogP contribution < -0.4 is 5.32 Å². The molecule has 1 fully saturated rings. The summed E-state index contributed by atoms with van der Waals surface area (Å²) in [5.41, 5.74) is 0.992. The van der Waals surface area contributed by atoms with E-state index in [-0.39, 0.29) is 17.7 Å². The maximum Gasteiger partial charge on any atom is 0.236 e. The Morgan fingerprint density at radius 3 is 2.79 bits per heavy atom. The molecular formula is C15H22N2O2. The molecule has 1 aliphatic rings. The zero-order valence-corrected chi connectivity index (χ0v) is 11.4. The number of benzene rings is 1. The second kappa shape index (κ2) is 6.57. The largest absolute Gasteiger partial charge is 0.508 e. The number of nitrogens with zero attached hydrogens (tertiary/aromatic N) is 1. The quantitative estimate of drug-likeness (QED) is 0.873. The Morgan fingerprint density at radius 2 is 2.11 bits per heavy atom. The average molecular weight is 262 g/mol. The van der Waals surface area contributed by atoms with Crippen molar-refractivity contribution in [2.24, 2.45) is 0 Å². The Morgan fingerprint density at radius 1 is 1.37 bits per heavy atom. The predicted octanol–water partition coefficient (Wildman–Crippen LogP) is 2.06. The summed E-state index contributed by atoms with van der Waals surface area (Å²) in [7, 11) is 0. The van der Waals surface area contributed by atoms with Crippen LogP contribution in [0.1, 0.15) is 37.8 Å². The van der Waals surface area contributed by atoms with Crippen molar-refractivity contribution < 1.29 is 9.90 Å². The fourth-order valence-electron chi connectivity index (χ4n) is 2.41. The van der Waals surface area contributed by atoms with Crippen LogP contribution in [0.3, 0.4) is 0 Å². The summed E-state index contributed by atoms with van der Waals surface area (Å²) in [5, 5.41) is 12.7. The zero-order valence-electron chi connectivity index (χ0n) is 11.4. The number of hydrogen-bond acceptors (Lipinski definition) is 3. The summed E-state index contributed by atoms with van der Waals surface area (Å²) in [4.78, 5) is 14.0. The third-order valence-electron chi connectivity index (χ3n) is 3.64. The van der Waals surface area contributed by atoms with E-state index in [4.69, 9.17) is 0 Å². The van der Waals surface area contributed by atoms with Gasteiger partial charge in [-0.2, -0.15) is 0 Å². The molecule has 0 bridgehead atoms. The number of nitrogens with one attached hydrogen (secondary N) is 1. The molecule has 1 saturated heterocycles. The molecule has 4 heteroatoms.